The number of rotatable bonds is 8. The van der Waals surface area contributed by atoms with Crippen molar-refractivity contribution in [3.8, 4) is 0 Å². The highest BCUT2D eigenvalue weighted by atomic mass is 32.2. The largest absolute Gasteiger partial charge is 0.331 e. The van der Waals surface area contributed by atoms with Crippen molar-refractivity contribution in [1.29, 1.82) is 0 Å². The predicted octanol–water partition coefficient (Wildman–Crippen LogP) is 2.68. The Morgan fingerprint density at radius 1 is 1.12 bits per heavy atom. The fourth-order valence-corrected chi connectivity index (χ4v) is 3.83. The normalized spacial score (nSPS) is 11.7. The highest BCUT2D eigenvalue weighted by Gasteiger charge is 2.07. The van der Waals surface area contributed by atoms with Gasteiger partial charge in [-0.3, -0.25) is 0 Å². The minimum atomic E-state index is -3.17. The van der Waals surface area contributed by atoms with Gasteiger partial charge in [0.25, 0.3) is 0 Å². The summed E-state index contributed by atoms with van der Waals surface area (Å²) in [5.41, 5.74) is 1.02. The third-order valence-corrected chi connectivity index (χ3v) is 6.02. The first-order valence-corrected chi connectivity index (χ1v) is 10.4. The number of hydrogen-bond acceptors (Lipinski definition) is 6. The predicted molar refractivity (Wildman–Crippen MR) is 104 cm³/mol. The average Bonchev–Trinajstić information content (AvgIpc) is 3.06. The van der Waals surface area contributed by atoms with E-state index in [-0.39, 0.29) is 5.75 Å². The summed E-state index contributed by atoms with van der Waals surface area (Å²) in [6, 6.07) is 14.3. The number of sulfonamides is 1. The first kappa shape index (κ1) is 17.8. The van der Waals surface area contributed by atoms with Gasteiger partial charge in [-0.15, -0.1) is 11.3 Å². The van der Waals surface area contributed by atoms with E-state index >= 15 is 0 Å². The van der Waals surface area contributed by atoms with E-state index in [2.05, 4.69) is 38.5 Å². The Kier molecular flexibility index (Phi) is 5.64. The molecule has 0 saturated heterocycles. The van der Waals surface area contributed by atoms with Gasteiger partial charge in [-0.25, -0.2) is 18.1 Å². The molecule has 0 radical (unpaired) electrons. The molecule has 0 aliphatic rings. The Balaban J connectivity index is 1.60. The van der Waals surface area contributed by atoms with Gasteiger partial charge in [0.15, 0.2) is 5.13 Å². The van der Waals surface area contributed by atoms with E-state index in [0.29, 0.717) is 13.1 Å². The molecule has 0 atom stereocenters. The molecule has 0 saturated carbocycles. The fourth-order valence-electron chi connectivity index (χ4n) is 2.42. The molecule has 2 aromatic carbocycles. The second-order valence-corrected chi connectivity index (χ2v) is 8.64. The molecule has 0 unspecified atom stereocenters. The molecule has 8 heteroatoms. The number of hydrogen-bond donors (Lipinski definition) is 3. The average molecular weight is 377 g/mol. The van der Waals surface area contributed by atoms with Crippen molar-refractivity contribution in [2.75, 3.05) is 24.7 Å². The summed E-state index contributed by atoms with van der Waals surface area (Å²) in [6.07, 6.45) is 1.80. The van der Waals surface area contributed by atoms with E-state index in [0.717, 1.165) is 21.1 Å². The van der Waals surface area contributed by atoms with Crippen LogP contribution in [0.25, 0.3) is 10.8 Å². The first-order valence-electron chi connectivity index (χ1n) is 7.89. The van der Waals surface area contributed by atoms with Crippen LogP contribution in [0.5, 0.6) is 0 Å². The van der Waals surface area contributed by atoms with E-state index in [1.165, 1.54) is 12.4 Å². The molecule has 25 heavy (non-hydrogen) atoms. The van der Waals surface area contributed by atoms with Crippen LogP contribution < -0.4 is 15.4 Å². The number of nitrogens with one attached hydrogen (secondary N) is 3. The van der Waals surface area contributed by atoms with Crippen molar-refractivity contribution in [2.45, 2.75) is 6.54 Å². The topological polar surface area (TPSA) is 83.1 Å². The van der Waals surface area contributed by atoms with Crippen LogP contribution in [-0.2, 0) is 16.6 Å². The van der Waals surface area contributed by atoms with Crippen molar-refractivity contribution in [2.24, 2.45) is 0 Å². The number of aromatic nitrogens is 1. The van der Waals surface area contributed by atoms with E-state index in [1.807, 2.05) is 24.3 Å². The van der Waals surface area contributed by atoms with Crippen molar-refractivity contribution in [3.63, 3.8) is 0 Å². The van der Waals surface area contributed by atoms with Gasteiger partial charge in [-0.1, -0.05) is 36.4 Å². The Morgan fingerprint density at radius 3 is 2.76 bits per heavy atom. The molecular formula is C17H20N4O2S2. The van der Waals surface area contributed by atoms with Crippen LogP contribution in [0.2, 0.25) is 0 Å². The van der Waals surface area contributed by atoms with Crippen LogP contribution in [0, 0.1) is 0 Å². The molecule has 0 spiro atoms. The van der Waals surface area contributed by atoms with Crippen LogP contribution >= 0.6 is 11.3 Å². The lowest BCUT2D eigenvalue weighted by Gasteiger charge is -2.07. The Morgan fingerprint density at radius 2 is 1.92 bits per heavy atom. The van der Waals surface area contributed by atoms with Crippen molar-refractivity contribution in [1.82, 2.24) is 15.0 Å². The van der Waals surface area contributed by atoms with Crippen LogP contribution in [0.4, 0.5) is 10.8 Å². The summed E-state index contributed by atoms with van der Waals surface area (Å²) >= 11 is 1.55. The molecule has 1 heterocycles. The zero-order valence-corrected chi connectivity index (χ0v) is 15.5. The number of anilines is 2. The van der Waals surface area contributed by atoms with Crippen molar-refractivity contribution < 1.29 is 8.42 Å². The second kappa shape index (κ2) is 7.92. The van der Waals surface area contributed by atoms with Gasteiger partial charge >= 0.3 is 0 Å². The summed E-state index contributed by atoms with van der Waals surface area (Å²) in [7, 11) is -1.75. The minimum Gasteiger partial charge on any atom is -0.331 e. The Bertz CT molecular complexity index is 949. The fraction of sp³-hybridized carbons (Fsp3) is 0.235. The summed E-state index contributed by atoms with van der Waals surface area (Å²) < 4.78 is 25.0. The molecule has 3 rings (SSSR count). The van der Waals surface area contributed by atoms with Gasteiger partial charge in [0.1, 0.15) is 0 Å². The number of fused-ring (bicyclic) bond motifs is 1. The van der Waals surface area contributed by atoms with Crippen LogP contribution in [0.1, 0.15) is 4.88 Å². The van der Waals surface area contributed by atoms with Gasteiger partial charge in [0.2, 0.25) is 10.0 Å². The zero-order chi connectivity index (χ0) is 17.7. The number of thiazole rings is 1. The van der Waals surface area contributed by atoms with E-state index < -0.39 is 10.0 Å². The van der Waals surface area contributed by atoms with Gasteiger partial charge in [-0.05, 0) is 18.5 Å². The standard InChI is InChI=1S/C17H20N4O2S2/c1-18-25(22,23)10-9-19-11-14-12-20-17(24-14)21-16-8-4-6-13-5-2-3-7-15(13)16/h2-8,12,18-19H,9-11H2,1H3,(H,20,21). The van der Waals surface area contributed by atoms with Crippen molar-refractivity contribution in [3.05, 3.63) is 53.5 Å². The zero-order valence-electron chi connectivity index (χ0n) is 13.8. The molecule has 3 N–H and O–H groups in total. The van der Waals surface area contributed by atoms with Crippen LogP contribution in [0.3, 0.4) is 0 Å². The maximum Gasteiger partial charge on any atom is 0.212 e. The van der Waals surface area contributed by atoms with Gasteiger partial charge in [0, 0.05) is 35.2 Å². The lowest BCUT2D eigenvalue weighted by Crippen LogP contribution is -2.29. The van der Waals surface area contributed by atoms with E-state index in [4.69, 9.17) is 0 Å². The molecule has 1 aromatic heterocycles. The molecular weight excluding hydrogens is 356 g/mol. The smallest absolute Gasteiger partial charge is 0.212 e. The number of nitrogens with zero attached hydrogens (tertiary/aromatic N) is 1. The van der Waals surface area contributed by atoms with Gasteiger partial charge in [-0.2, -0.15) is 0 Å². The highest BCUT2D eigenvalue weighted by Crippen LogP contribution is 2.28. The minimum absolute atomic E-state index is 0.0589. The third-order valence-electron chi connectivity index (χ3n) is 3.74. The van der Waals surface area contributed by atoms with E-state index in [1.54, 1.807) is 17.5 Å². The first-order chi connectivity index (χ1) is 12.1. The van der Waals surface area contributed by atoms with E-state index in [9.17, 15) is 8.42 Å². The lowest BCUT2D eigenvalue weighted by atomic mass is 10.1. The molecule has 0 aliphatic heterocycles. The lowest BCUT2D eigenvalue weighted by molar-refractivity contribution is 0.583. The molecule has 6 nitrogen and oxygen atoms in total. The summed E-state index contributed by atoms with van der Waals surface area (Å²) in [5.74, 6) is 0.0589. The molecule has 0 fully saturated rings. The molecule has 0 aliphatic carbocycles. The molecule has 0 amide bonds. The molecule has 0 bridgehead atoms. The third kappa shape index (κ3) is 4.76. The quantitative estimate of drug-likeness (QED) is 0.527. The summed E-state index contributed by atoms with van der Waals surface area (Å²) in [6.45, 7) is 0.987. The maximum absolute atomic E-state index is 11.4. The van der Waals surface area contributed by atoms with Crippen LogP contribution in [0.15, 0.2) is 48.7 Å². The van der Waals surface area contributed by atoms with Gasteiger partial charge in [0.05, 0.1) is 5.75 Å². The maximum atomic E-state index is 11.4. The Hall–Kier alpha value is -2.00. The number of benzene rings is 2. The van der Waals surface area contributed by atoms with Crippen molar-refractivity contribution >= 4 is 43.0 Å². The monoisotopic (exact) mass is 376 g/mol. The summed E-state index contributed by atoms with van der Waals surface area (Å²) in [5, 5.41) is 9.63. The summed E-state index contributed by atoms with van der Waals surface area (Å²) in [4.78, 5) is 5.44. The van der Waals surface area contributed by atoms with Gasteiger partial charge < -0.3 is 10.6 Å². The highest BCUT2D eigenvalue weighted by molar-refractivity contribution is 7.89. The second-order valence-electron chi connectivity index (χ2n) is 5.48. The SMILES string of the molecule is CNS(=O)(=O)CCNCc1cnc(Nc2cccc3ccccc23)s1. The Labute approximate surface area is 151 Å². The molecule has 132 valence electrons. The molecule has 3 aromatic rings. The van der Waals surface area contributed by atoms with Crippen LogP contribution in [-0.4, -0.2) is 32.7 Å².